The molecule has 5 nitrogen and oxygen atoms in total. The molecular formula is C20H26N4O. The maximum atomic E-state index is 13.2. The molecule has 4 rings (SSSR count). The average Bonchev–Trinajstić information content (AvgIpc) is 3.29. The summed E-state index contributed by atoms with van der Waals surface area (Å²) in [5, 5.41) is 7.91. The van der Waals surface area contributed by atoms with Crippen LogP contribution < -0.4 is 5.32 Å². The second kappa shape index (κ2) is 6.64. The molecule has 25 heavy (non-hydrogen) atoms. The Morgan fingerprint density at radius 1 is 1.36 bits per heavy atom. The molecule has 1 saturated heterocycles. The highest BCUT2D eigenvalue weighted by atomic mass is 16.2. The lowest BCUT2D eigenvalue weighted by Crippen LogP contribution is -2.48. The molecule has 2 fully saturated rings. The van der Waals surface area contributed by atoms with Crippen LogP contribution in [-0.4, -0.2) is 40.7 Å². The predicted octanol–water partition coefficient (Wildman–Crippen LogP) is 2.61. The number of hydrogen-bond donors (Lipinski definition) is 1. The summed E-state index contributed by atoms with van der Waals surface area (Å²) in [5.41, 5.74) is 1.92. The van der Waals surface area contributed by atoms with E-state index in [1.54, 1.807) is 0 Å². The van der Waals surface area contributed by atoms with Crippen molar-refractivity contribution < 1.29 is 4.79 Å². The summed E-state index contributed by atoms with van der Waals surface area (Å²) in [6, 6.07) is 10.1. The van der Waals surface area contributed by atoms with Crippen LogP contribution in [0.4, 0.5) is 0 Å². The molecule has 132 valence electrons. The van der Waals surface area contributed by atoms with Crippen molar-refractivity contribution in [2.45, 2.75) is 32.2 Å². The fourth-order valence-corrected chi connectivity index (χ4v) is 4.56. The highest BCUT2D eigenvalue weighted by Crippen LogP contribution is 2.45. The van der Waals surface area contributed by atoms with Crippen LogP contribution in [0.5, 0.6) is 0 Å². The molecule has 1 saturated carbocycles. The van der Waals surface area contributed by atoms with Gasteiger partial charge in [-0.05, 0) is 37.4 Å². The molecular weight excluding hydrogens is 312 g/mol. The third-order valence-electron chi connectivity index (χ3n) is 5.89. The SMILES string of the molecule is CN(Cc1cnn(-c2ccccc2)c1)C(=O)[C@@]12CCCC[C@H]1CNC2. The Kier molecular flexibility index (Phi) is 4.34. The van der Waals surface area contributed by atoms with Crippen molar-refractivity contribution in [3.8, 4) is 5.69 Å². The standard InChI is InChI=1S/C20H26N4O/c1-23(19(25)20-10-6-5-7-17(20)12-21-15-20)13-16-11-22-24(14-16)18-8-3-2-4-9-18/h2-4,8-9,11,14,17,21H,5-7,10,12-13,15H2,1H3/t17-,20+/m0/s1. The van der Waals surface area contributed by atoms with Crippen LogP contribution in [-0.2, 0) is 11.3 Å². The summed E-state index contributed by atoms with van der Waals surface area (Å²) in [5.74, 6) is 0.804. The van der Waals surface area contributed by atoms with E-state index in [4.69, 9.17) is 0 Å². The van der Waals surface area contributed by atoms with Gasteiger partial charge >= 0.3 is 0 Å². The molecule has 0 bridgehead atoms. The maximum Gasteiger partial charge on any atom is 0.230 e. The maximum absolute atomic E-state index is 13.2. The minimum atomic E-state index is -0.178. The molecule has 0 radical (unpaired) electrons. The first-order valence-corrected chi connectivity index (χ1v) is 9.24. The van der Waals surface area contributed by atoms with E-state index >= 15 is 0 Å². The van der Waals surface area contributed by atoms with Gasteiger partial charge < -0.3 is 10.2 Å². The van der Waals surface area contributed by atoms with Crippen molar-refractivity contribution in [3.05, 3.63) is 48.3 Å². The van der Waals surface area contributed by atoms with Gasteiger partial charge in [-0.3, -0.25) is 4.79 Å². The number of nitrogens with zero attached hydrogens (tertiary/aromatic N) is 3. The smallest absolute Gasteiger partial charge is 0.230 e. The van der Waals surface area contributed by atoms with Crippen molar-refractivity contribution in [1.82, 2.24) is 20.0 Å². The van der Waals surface area contributed by atoms with Crippen LogP contribution in [0, 0.1) is 11.3 Å². The first-order valence-electron chi connectivity index (χ1n) is 9.24. The molecule has 2 heterocycles. The van der Waals surface area contributed by atoms with Gasteiger partial charge in [0.2, 0.25) is 5.91 Å². The van der Waals surface area contributed by atoms with E-state index in [9.17, 15) is 4.79 Å². The number of hydrogen-bond acceptors (Lipinski definition) is 3. The van der Waals surface area contributed by atoms with Crippen LogP contribution in [0.25, 0.3) is 5.69 Å². The highest BCUT2D eigenvalue weighted by molar-refractivity contribution is 5.83. The highest BCUT2D eigenvalue weighted by Gasteiger charge is 2.50. The number of amides is 1. The zero-order chi connectivity index (χ0) is 17.3. The summed E-state index contributed by atoms with van der Waals surface area (Å²) in [7, 11) is 1.93. The van der Waals surface area contributed by atoms with E-state index in [1.807, 2.05) is 59.4 Å². The summed E-state index contributed by atoms with van der Waals surface area (Å²) in [6.45, 7) is 2.44. The third-order valence-corrected chi connectivity index (χ3v) is 5.89. The minimum Gasteiger partial charge on any atom is -0.341 e. The zero-order valence-electron chi connectivity index (χ0n) is 14.8. The van der Waals surface area contributed by atoms with Gasteiger partial charge in [0.1, 0.15) is 0 Å². The summed E-state index contributed by atoms with van der Waals surface area (Å²) >= 11 is 0. The third kappa shape index (κ3) is 2.97. The first kappa shape index (κ1) is 16.3. The van der Waals surface area contributed by atoms with E-state index in [2.05, 4.69) is 10.4 Å². The number of carbonyl (C=O) groups excluding carboxylic acids is 1. The Bertz CT molecular complexity index is 741. The molecule has 1 aliphatic heterocycles. The fourth-order valence-electron chi connectivity index (χ4n) is 4.56. The lowest BCUT2D eigenvalue weighted by atomic mass is 9.67. The van der Waals surface area contributed by atoms with E-state index in [0.717, 1.165) is 30.8 Å². The lowest BCUT2D eigenvalue weighted by molar-refractivity contribution is -0.144. The largest absolute Gasteiger partial charge is 0.341 e. The molecule has 1 N–H and O–H groups in total. The van der Waals surface area contributed by atoms with Gasteiger partial charge in [-0.1, -0.05) is 31.0 Å². The Morgan fingerprint density at radius 2 is 2.20 bits per heavy atom. The Morgan fingerprint density at radius 3 is 3.04 bits per heavy atom. The van der Waals surface area contributed by atoms with E-state index in [1.165, 1.54) is 19.3 Å². The van der Waals surface area contributed by atoms with Crippen LogP contribution in [0.1, 0.15) is 31.2 Å². The summed E-state index contributed by atoms with van der Waals surface area (Å²) in [6.07, 6.45) is 8.51. The Balaban J connectivity index is 1.48. The van der Waals surface area contributed by atoms with Gasteiger partial charge in [0, 0.05) is 31.9 Å². The number of para-hydroxylation sites is 1. The van der Waals surface area contributed by atoms with Gasteiger partial charge in [0.25, 0.3) is 0 Å². The van der Waals surface area contributed by atoms with Crippen molar-refractivity contribution in [3.63, 3.8) is 0 Å². The van der Waals surface area contributed by atoms with Gasteiger partial charge in [-0.15, -0.1) is 0 Å². The van der Waals surface area contributed by atoms with Crippen LogP contribution in [0.2, 0.25) is 0 Å². The number of carbonyl (C=O) groups is 1. The van der Waals surface area contributed by atoms with Crippen molar-refractivity contribution >= 4 is 5.91 Å². The van der Waals surface area contributed by atoms with Gasteiger partial charge in [-0.25, -0.2) is 4.68 Å². The van der Waals surface area contributed by atoms with Crippen molar-refractivity contribution in [2.75, 3.05) is 20.1 Å². The number of nitrogens with one attached hydrogen (secondary N) is 1. The summed E-state index contributed by atoms with van der Waals surface area (Å²) < 4.78 is 1.87. The van der Waals surface area contributed by atoms with Gasteiger partial charge in [0.15, 0.2) is 0 Å². The average molecular weight is 338 g/mol. The monoisotopic (exact) mass is 338 g/mol. The molecule has 1 aromatic carbocycles. The van der Waals surface area contributed by atoms with Gasteiger partial charge in [0.05, 0.1) is 17.3 Å². The molecule has 2 aliphatic rings. The quantitative estimate of drug-likeness (QED) is 0.932. The van der Waals surface area contributed by atoms with Crippen molar-refractivity contribution in [1.29, 1.82) is 0 Å². The molecule has 2 atom stereocenters. The normalized spacial score (nSPS) is 25.6. The fraction of sp³-hybridized carbons (Fsp3) is 0.500. The second-order valence-electron chi connectivity index (χ2n) is 7.52. The topological polar surface area (TPSA) is 50.2 Å². The first-order chi connectivity index (χ1) is 12.2. The predicted molar refractivity (Wildman–Crippen MR) is 97.3 cm³/mol. The number of aromatic nitrogens is 2. The van der Waals surface area contributed by atoms with Crippen molar-refractivity contribution in [2.24, 2.45) is 11.3 Å². The van der Waals surface area contributed by atoms with Crippen LogP contribution in [0.15, 0.2) is 42.7 Å². The second-order valence-corrected chi connectivity index (χ2v) is 7.52. The molecule has 2 aromatic rings. The van der Waals surface area contributed by atoms with Crippen LogP contribution in [0.3, 0.4) is 0 Å². The lowest BCUT2D eigenvalue weighted by Gasteiger charge is -2.39. The molecule has 0 spiro atoms. The number of rotatable bonds is 4. The van der Waals surface area contributed by atoms with E-state index < -0.39 is 0 Å². The Labute approximate surface area is 149 Å². The molecule has 5 heteroatoms. The van der Waals surface area contributed by atoms with E-state index in [0.29, 0.717) is 18.4 Å². The zero-order valence-corrected chi connectivity index (χ0v) is 14.8. The summed E-state index contributed by atoms with van der Waals surface area (Å²) in [4.78, 5) is 15.1. The molecule has 1 aromatic heterocycles. The molecule has 1 amide bonds. The Hall–Kier alpha value is -2.14. The molecule has 1 aliphatic carbocycles. The van der Waals surface area contributed by atoms with Crippen LogP contribution >= 0.6 is 0 Å². The molecule has 0 unspecified atom stereocenters. The minimum absolute atomic E-state index is 0.178. The van der Waals surface area contributed by atoms with E-state index in [-0.39, 0.29) is 5.41 Å². The number of benzene rings is 1. The van der Waals surface area contributed by atoms with Gasteiger partial charge in [-0.2, -0.15) is 5.10 Å². The number of fused-ring (bicyclic) bond motifs is 1.